The first-order valence-corrected chi connectivity index (χ1v) is 10.8. The molecule has 0 unspecified atom stereocenters. The molecule has 9 heteroatoms. The average molecular weight is 454 g/mol. The van der Waals surface area contributed by atoms with Crippen molar-refractivity contribution in [2.45, 2.75) is 18.4 Å². The maximum Gasteiger partial charge on any atom is 0.250 e. The molecule has 4 aromatic rings. The van der Waals surface area contributed by atoms with Crippen molar-refractivity contribution in [2.75, 3.05) is 17.2 Å². The summed E-state index contributed by atoms with van der Waals surface area (Å²) in [5.74, 6) is -0.444. The number of carbonyl (C=O) groups excluding carboxylic acids is 2. The van der Waals surface area contributed by atoms with E-state index in [-0.39, 0.29) is 11.7 Å². The number of carbonyl (C=O) groups is 2. The van der Waals surface area contributed by atoms with Crippen molar-refractivity contribution in [3.8, 4) is 11.3 Å². The zero-order chi connectivity index (χ0) is 23.9. The molecule has 2 aromatic carbocycles. The molecule has 0 radical (unpaired) electrons. The lowest BCUT2D eigenvalue weighted by Gasteiger charge is -2.27. The van der Waals surface area contributed by atoms with Crippen molar-refractivity contribution in [1.82, 2.24) is 19.7 Å². The number of benzene rings is 2. The Morgan fingerprint density at radius 2 is 1.88 bits per heavy atom. The number of nitrogens with two attached hydrogens (primary N) is 2. The van der Waals surface area contributed by atoms with Crippen molar-refractivity contribution in [1.29, 1.82) is 0 Å². The van der Waals surface area contributed by atoms with E-state index in [0.717, 1.165) is 18.5 Å². The van der Waals surface area contributed by atoms with Crippen LogP contribution in [0.15, 0.2) is 73.6 Å². The van der Waals surface area contributed by atoms with E-state index in [2.05, 4.69) is 16.5 Å². The number of para-hydroxylation sites is 1. The first-order chi connectivity index (χ1) is 16.4. The summed E-state index contributed by atoms with van der Waals surface area (Å²) < 4.78 is 1.85. The summed E-state index contributed by atoms with van der Waals surface area (Å²) in [6.45, 7) is 4.06. The number of aromatic nitrogens is 4. The Morgan fingerprint density at radius 3 is 2.56 bits per heavy atom. The van der Waals surface area contributed by atoms with Crippen molar-refractivity contribution in [3.63, 3.8) is 0 Å². The maximum absolute atomic E-state index is 12.8. The van der Waals surface area contributed by atoms with Crippen LogP contribution in [0.4, 0.5) is 11.5 Å². The summed E-state index contributed by atoms with van der Waals surface area (Å²) in [6, 6.07) is 16.4. The highest BCUT2D eigenvalue weighted by Crippen LogP contribution is 2.47. The van der Waals surface area contributed by atoms with Crippen molar-refractivity contribution >= 4 is 34.4 Å². The topological polar surface area (TPSA) is 133 Å². The van der Waals surface area contributed by atoms with Crippen LogP contribution in [0.3, 0.4) is 0 Å². The zero-order valence-electron chi connectivity index (χ0n) is 18.4. The van der Waals surface area contributed by atoms with Gasteiger partial charge in [0.25, 0.3) is 0 Å². The molecule has 1 aliphatic rings. The number of fused-ring (bicyclic) bond motifs is 1. The Morgan fingerprint density at radius 1 is 1.12 bits per heavy atom. The molecule has 9 nitrogen and oxygen atoms in total. The number of nitrogen functional groups attached to an aromatic ring is 1. The van der Waals surface area contributed by atoms with Crippen molar-refractivity contribution < 1.29 is 9.59 Å². The Hall–Kier alpha value is -4.53. The standard InChI is InChI=1S/C25H23N7O2/c1-2-19(33)31(18-9-4-3-5-10-18)14-25(11-12-25)32-24-20(22(26)28-15-29-24)21(30-32)16-7-6-8-17(13-16)23(27)34/h2-10,13,15H,1,11-12,14H2,(H2,27,34)(H2,26,28,29). The van der Waals surface area contributed by atoms with Gasteiger partial charge in [-0.15, -0.1) is 0 Å². The molecule has 2 heterocycles. The number of amides is 2. The second-order valence-electron chi connectivity index (χ2n) is 8.35. The van der Waals surface area contributed by atoms with Crippen LogP contribution in [0.2, 0.25) is 0 Å². The van der Waals surface area contributed by atoms with Crippen LogP contribution >= 0.6 is 0 Å². The van der Waals surface area contributed by atoms with E-state index in [1.807, 2.05) is 41.1 Å². The van der Waals surface area contributed by atoms with E-state index < -0.39 is 11.4 Å². The lowest BCUT2D eigenvalue weighted by molar-refractivity contribution is -0.114. The fourth-order valence-electron chi connectivity index (χ4n) is 4.22. The van der Waals surface area contributed by atoms with Crippen LogP contribution in [0.25, 0.3) is 22.3 Å². The molecule has 4 N–H and O–H groups in total. The predicted molar refractivity (Wildman–Crippen MR) is 130 cm³/mol. The van der Waals surface area contributed by atoms with Gasteiger partial charge in [0.15, 0.2) is 5.65 Å². The molecule has 0 aliphatic heterocycles. The first kappa shape index (κ1) is 21.3. The molecule has 1 fully saturated rings. The lowest BCUT2D eigenvalue weighted by Crippen LogP contribution is -2.39. The third-order valence-electron chi connectivity index (χ3n) is 6.15. The van der Waals surface area contributed by atoms with Crippen LogP contribution in [0, 0.1) is 0 Å². The zero-order valence-corrected chi connectivity index (χ0v) is 18.4. The van der Waals surface area contributed by atoms with Gasteiger partial charge in [-0.3, -0.25) is 9.59 Å². The minimum atomic E-state index is -0.532. The SMILES string of the molecule is C=CC(=O)N(CC1(n2nc(-c3cccc(C(N)=O)c3)c3c(N)ncnc32)CC1)c1ccccc1. The molecule has 0 saturated heterocycles. The summed E-state index contributed by atoms with van der Waals surface area (Å²) in [5, 5.41) is 5.50. The number of hydrogen-bond donors (Lipinski definition) is 2. The summed E-state index contributed by atoms with van der Waals surface area (Å²) in [7, 11) is 0. The molecule has 170 valence electrons. The van der Waals surface area contributed by atoms with Gasteiger partial charge >= 0.3 is 0 Å². The summed E-state index contributed by atoms with van der Waals surface area (Å²) in [4.78, 5) is 34.9. The maximum atomic E-state index is 12.8. The number of rotatable bonds is 7. The Balaban J connectivity index is 1.64. The number of hydrogen-bond acceptors (Lipinski definition) is 6. The van der Waals surface area contributed by atoms with Gasteiger partial charge in [0.1, 0.15) is 17.8 Å². The molecule has 0 atom stereocenters. The van der Waals surface area contributed by atoms with E-state index in [9.17, 15) is 9.59 Å². The smallest absolute Gasteiger partial charge is 0.250 e. The fourth-order valence-corrected chi connectivity index (χ4v) is 4.22. The number of anilines is 2. The van der Waals surface area contributed by atoms with Gasteiger partial charge < -0.3 is 16.4 Å². The largest absolute Gasteiger partial charge is 0.383 e. The molecule has 2 aromatic heterocycles. The molecule has 34 heavy (non-hydrogen) atoms. The lowest BCUT2D eigenvalue weighted by atomic mass is 10.1. The third-order valence-corrected chi connectivity index (χ3v) is 6.15. The molecular formula is C25H23N7O2. The van der Waals surface area contributed by atoms with Gasteiger partial charge in [0.2, 0.25) is 11.8 Å². The third kappa shape index (κ3) is 3.57. The van der Waals surface area contributed by atoms with Crippen LogP contribution in [-0.2, 0) is 10.3 Å². The Kier molecular flexibility index (Phi) is 5.09. The van der Waals surface area contributed by atoms with Crippen LogP contribution < -0.4 is 16.4 Å². The molecule has 2 amide bonds. The highest BCUT2D eigenvalue weighted by Gasteiger charge is 2.49. The van der Waals surface area contributed by atoms with E-state index in [4.69, 9.17) is 16.6 Å². The molecule has 1 saturated carbocycles. The van der Waals surface area contributed by atoms with E-state index in [0.29, 0.717) is 34.4 Å². The summed E-state index contributed by atoms with van der Waals surface area (Å²) >= 11 is 0. The van der Waals surface area contributed by atoms with Gasteiger partial charge in [-0.05, 0) is 43.2 Å². The van der Waals surface area contributed by atoms with E-state index in [1.54, 1.807) is 23.1 Å². The van der Waals surface area contributed by atoms with Crippen LogP contribution in [0.5, 0.6) is 0 Å². The average Bonchev–Trinajstić information content (AvgIpc) is 3.53. The molecule has 1 aliphatic carbocycles. The van der Waals surface area contributed by atoms with Crippen LogP contribution in [0.1, 0.15) is 23.2 Å². The van der Waals surface area contributed by atoms with E-state index >= 15 is 0 Å². The van der Waals surface area contributed by atoms with Gasteiger partial charge in [0, 0.05) is 16.8 Å². The first-order valence-electron chi connectivity index (χ1n) is 10.8. The predicted octanol–water partition coefficient (Wildman–Crippen LogP) is 2.88. The monoisotopic (exact) mass is 453 g/mol. The van der Waals surface area contributed by atoms with Gasteiger partial charge in [-0.25, -0.2) is 14.6 Å². The molecule has 0 bridgehead atoms. The Bertz CT molecular complexity index is 1420. The molecule has 0 spiro atoms. The van der Waals surface area contributed by atoms with Crippen LogP contribution in [-0.4, -0.2) is 38.1 Å². The van der Waals surface area contributed by atoms with Gasteiger partial charge in [0.05, 0.1) is 17.5 Å². The number of nitrogens with zero attached hydrogens (tertiary/aromatic N) is 5. The number of primary amides is 1. The van der Waals surface area contributed by atoms with E-state index in [1.165, 1.54) is 12.4 Å². The normalized spacial score (nSPS) is 14.0. The quantitative estimate of drug-likeness (QED) is 0.413. The minimum Gasteiger partial charge on any atom is -0.383 e. The molecule has 5 rings (SSSR count). The summed E-state index contributed by atoms with van der Waals surface area (Å²) in [5.41, 5.74) is 14.2. The highest BCUT2D eigenvalue weighted by atomic mass is 16.2. The minimum absolute atomic E-state index is 0.197. The van der Waals surface area contributed by atoms with Crippen molar-refractivity contribution in [2.24, 2.45) is 5.73 Å². The van der Waals surface area contributed by atoms with Gasteiger partial charge in [-0.1, -0.05) is 36.9 Å². The second-order valence-corrected chi connectivity index (χ2v) is 8.35. The highest BCUT2D eigenvalue weighted by molar-refractivity contribution is 6.02. The molecular weight excluding hydrogens is 430 g/mol. The fraction of sp³-hybridized carbons (Fsp3) is 0.160. The summed E-state index contributed by atoms with van der Waals surface area (Å²) in [6.07, 6.45) is 4.33. The van der Waals surface area contributed by atoms with Crippen molar-refractivity contribution in [3.05, 3.63) is 79.1 Å². The Labute approximate surface area is 195 Å². The second kappa shape index (κ2) is 8.11. The van der Waals surface area contributed by atoms with Gasteiger partial charge in [-0.2, -0.15) is 5.10 Å².